The highest BCUT2D eigenvalue weighted by atomic mass is 31.1. The van der Waals surface area contributed by atoms with Crippen LogP contribution in [-0.2, 0) is 0 Å². The van der Waals surface area contributed by atoms with Crippen LogP contribution in [0.2, 0.25) is 0 Å². The molecule has 0 heterocycles. The molecule has 2 aliphatic rings. The molecule has 2 unspecified atom stereocenters. The molecule has 0 amide bonds. The highest BCUT2D eigenvalue weighted by molar-refractivity contribution is 7.44. The third-order valence-electron chi connectivity index (χ3n) is 2.63. The van der Waals surface area contributed by atoms with E-state index < -0.39 is 0 Å². The molecule has 0 nitrogen and oxygen atoms in total. The predicted octanol–water partition coefficient (Wildman–Crippen LogP) is 4.01. The van der Waals surface area contributed by atoms with Crippen LogP contribution in [0.15, 0.2) is 35.7 Å². The van der Waals surface area contributed by atoms with Gasteiger partial charge in [-0.05, 0) is 43.1 Å². The van der Waals surface area contributed by atoms with Crippen molar-refractivity contribution in [1.29, 1.82) is 0 Å². The molecule has 0 fully saturated rings. The maximum atomic E-state index is 2.43. The summed E-state index contributed by atoms with van der Waals surface area (Å²) >= 11 is 0. The van der Waals surface area contributed by atoms with E-state index in [4.69, 9.17) is 0 Å². The lowest BCUT2D eigenvalue weighted by Gasteiger charge is -2.19. The summed E-state index contributed by atoms with van der Waals surface area (Å²) in [6, 6.07) is 0. The molecule has 0 bridgehead atoms. The van der Waals surface area contributed by atoms with Crippen molar-refractivity contribution < 1.29 is 0 Å². The van der Waals surface area contributed by atoms with Crippen molar-refractivity contribution in [2.75, 3.05) is 0 Å². The third kappa shape index (κ3) is 2.81. The van der Waals surface area contributed by atoms with Crippen LogP contribution >= 0.6 is 8.58 Å². The van der Waals surface area contributed by atoms with Gasteiger partial charge in [0.15, 0.2) is 0 Å². The van der Waals surface area contributed by atoms with E-state index in [1.54, 1.807) is 5.31 Å². The first-order chi connectivity index (χ1) is 6.45. The molecular formula is C12H17P. The Morgan fingerprint density at radius 1 is 1.08 bits per heavy atom. The van der Waals surface area contributed by atoms with Gasteiger partial charge < -0.3 is 0 Å². The zero-order valence-corrected chi connectivity index (χ0v) is 9.00. The zero-order chi connectivity index (χ0) is 8.93. The average Bonchev–Trinajstić information content (AvgIpc) is 2.21. The molecule has 2 atom stereocenters. The second kappa shape index (κ2) is 4.77. The second-order valence-corrected chi connectivity index (χ2v) is 5.45. The molecule has 0 saturated heterocycles. The fourth-order valence-electron chi connectivity index (χ4n) is 1.88. The summed E-state index contributed by atoms with van der Waals surface area (Å²) < 4.78 is 0. The summed E-state index contributed by atoms with van der Waals surface area (Å²) in [5, 5.41) is 1.60. The van der Waals surface area contributed by atoms with Crippen LogP contribution < -0.4 is 0 Å². The van der Waals surface area contributed by atoms with Gasteiger partial charge in [0.2, 0.25) is 0 Å². The number of hydrogen-bond donors (Lipinski definition) is 0. The SMILES string of the molecule is C1=CC(PC2CC=CCC2)=CCC1. The van der Waals surface area contributed by atoms with E-state index in [-0.39, 0.29) is 0 Å². The minimum Gasteiger partial charge on any atom is -0.0885 e. The molecule has 1 heteroatoms. The van der Waals surface area contributed by atoms with Crippen molar-refractivity contribution in [1.82, 2.24) is 0 Å². The van der Waals surface area contributed by atoms with E-state index in [0.717, 1.165) is 14.2 Å². The third-order valence-corrected chi connectivity index (χ3v) is 4.27. The zero-order valence-electron chi connectivity index (χ0n) is 8.00. The minimum absolute atomic E-state index is 0.944. The molecule has 0 spiro atoms. The van der Waals surface area contributed by atoms with Crippen molar-refractivity contribution in [3.05, 3.63) is 35.7 Å². The van der Waals surface area contributed by atoms with Gasteiger partial charge in [-0.25, -0.2) is 0 Å². The summed E-state index contributed by atoms with van der Waals surface area (Å²) in [4.78, 5) is 0. The molecule has 0 radical (unpaired) electrons. The molecule has 0 aromatic heterocycles. The highest BCUT2D eigenvalue weighted by Gasteiger charge is 2.11. The van der Waals surface area contributed by atoms with Gasteiger partial charge in [0.1, 0.15) is 0 Å². The second-order valence-electron chi connectivity index (χ2n) is 3.76. The van der Waals surface area contributed by atoms with Gasteiger partial charge in [-0.2, -0.15) is 0 Å². The summed E-state index contributed by atoms with van der Waals surface area (Å²) in [7, 11) is 1.05. The fraction of sp³-hybridized carbons (Fsp3) is 0.500. The Kier molecular flexibility index (Phi) is 3.38. The van der Waals surface area contributed by atoms with Gasteiger partial charge >= 0.3 is 0 Å². The molecule has 2 rings (SSSR count). The van der Waals surface area contributed by atoms with Crippen LogP contribution in [0, 0.1) is 0 Å². The molecule has 0 N–H and O–H groups in total. The van der Waals surface area contributed by atoms with Gasteiger partial charge in [-0.3, -0.25) is 0 Å². The first kappa shape index (κ1) is 9.21. The lowest BCUT2D eigenvalue weighted by Crippen LogP contribution is -2.02. The maximum Gasteiger partial charge on any atom is -0.0159 e. The number of hydrogen-bond acceptors (Lipinski definition) is 0. The van der Waals surface area contributed by atoms with Crippen LogP contribution in [0.1, 0.15) is 32.1 Å². The normalized spacial score (nSPS) is 28.3. The summed E-state index contributed by atoms with van der Waals surface area (Å²) in [6.45, 7) is 0. The monoisotopic (exact) mass is 192 g/mol. The highest BCUT2D eigenvalue weighted by Crippen LogP contribution is 2.38. The predicted molar refractivity (Wildman–Crippen MR) is 61.6 cm³/mol. The van der Waals surface area contributed by atoms with Crippen LogP contribution in [0.4, 0.5) is 0 Å². The van der Waals surface area contributed by atoms with Crippen molar-refractivity contribution in [2.24, 2.45) is 0 Å². The van der Waals surface area contributed by atoms with Gasteiger partial charge in [0.25, 0.3) is 0 Å². The molecular weight excluding hydrogens is 175 g/mol. The largest absolute Gasteiger partial charge is 0.0885 e. The minimum atomic E-state index is 0.944. The average molecular weight is 192 g/mol. The fourth-order valence-corrected chi connectivity index (χ4v) is 3.39. The van der Waals surface area contributed by atoms with Gasteiger partial charge in [0, 0.05) is 0 Å². The van der Waals surface area contributed by atoms with E-state index in [9.17, 15) is 0 Å². The molecule has 0 aliphatic heterocycles. The molecule has 70 valence electrons. The number of rotatable bonds is 2. The van der Waals surface area contributed by atoms with Crippen LogP contribution in [-0.4, -0.2) is 5.66 Å². The Hall–Kier alpha value is -0.350. The molecule has 2 aliphatic carbocycles. The van der Waals surface area contributed by atoms with E-state index in [2.05, 4.69) is 30.4 Å². The van der Waals surface area contributed by atoms with Crippen molar-refractivity contribution in [2.45, 2.75) is 37.8 Å². The van der Waals surface area contributed by atoms with E-state index in [1.165, 1.54) is 32.1 Å². The van der Waals surface area contributed by atoms with E-state index in [0.29, 0.717) is 0 Å². The van der Waals surface area contributed by atoms with Crippen LogP contribution in [0.5, 0.6) is 0 Å². The first-order valence-corrected chi connectivity index (χ1v) is 6.31. The maximum absolute atomic E-state index is 2.43. The summed E-state index contributed by atoms with van der Waals surface area (Å²) in [5.74, 6) is 0. The van der Waals surface area contributed by atoms with Gasteiger partial charge in [-0.15, -0.1) is 0 Å². The van der Waals surface area contributed by atoms with Crippen LogP contribution in [0.25, 0.3) is 0 Å². The quantitative estimate of drug-likeness (QED) is 0.458. The molecule has 0 aromatic carbocycles. The lowest BCUT2D eigenvalue weighted by molar-refractivity contribution is 0.745. The van der Waals surface area contributed by atoms with Gasteiger partial charge in [0.05, 0.1) is 0 Å². The Morgan fingerprint density at radius 2 is 2.08 bits per heavy atom. The summed E-state index contributed by atoms with van der Waals surface area (Å²) in [6.07, 6.45) is 18.3. The topological polar surface area (TPSA) is 0 Å². The van der Waals surface area contributed by atoms with Crippen LogP contribution in [0.3, 0.4) is 0 Å². The smallest absolute Gasteiger partial charge is 0.0159 e. The number of allylic oxidation sites excluding steroid dienone is 6. The standard InChI is InChI=1S/C12H17P/c1-3-7-11(8-4-1)13-12-9-5-2-6-10-12/h1,3,5,9-11,13H,2,4,6-8H2. The Labute approximate surface area is 82.6 Å². The molecule has 0 saturated carbocycles. The lowest BCUT2D eigenvalue weighted by atomic mass is 10.1. The Morgan fingerprint density at radius 3 is 2.77 bits per heavy atom. The van der Waals surface area contributed by atoms with Gasteiger partial charge in [-0.1, -0.05) is 39.0 Å². The molecule has 13 heavy (non-hydrogen) atoms. The first-order valence-electron chi connectivity index (χ1n) is 5.23. The van der Waals surface area contributed by atoms with Crippen molar-refractivity contribution >= 4 is 8.58 Å². The van der Waals surface area contributed by atoms with E-state index in [1.807, 2.05) is 0 Å². The summed E-state index contributed by atoms with van der Waals surface area (Å²) in [5.41, 5.74) is 0.944. The van der Waals surface area contributed by atoms with E-state index >= 15 is 0 Å². The molecule has 0 aromatic rings. The Balaban J connectivity index is 1.86. The van der Waals surface area contributed by atoms with Crippen molar-refractivity contribution in [3.8, 4) is 0 Å². The van der Waals surface area contributed by atoms with Crippen molar-refractivity contribution in [3.63, 3.8) is 0 Å². The Bertz CT molecular complexity index is 248.